The summed E-state index contributed by atoms with van der Waals surface area (Å²) in [4.78, 5) is 0. The number of hydrogen-bond acceptors (Lipinski definition) is 1. The molecule has 2 unspecified atom stereocenters. The molecule has 3 rings (SSSR count). The van der Waals surface area contributed by atoms with Gasteiger partial charge >= 0.3 is 0 Å². The van der Waals surface area contributed by atoms with Crippen molar-refractivity contribution in [1.82, 2.24) is 0 Å². The monoisotopic (exact) mass is 288 g/mol. The number of hydrogen-bond donors (Lipinski definition) is 0. The van der Waals surface area contributed by atoms with Crippen molar-refractivity contribution in [2.45, 2.75) is 43.6 Å². The average Bonchev–Trinajstić information content (AvgIpc) is 2.86. The van der Waals surface area contributed by atoms with Crippen LogP contribution in [0.3, 0.4) is 0 Å². The van der Waals surface area contributed by atoms with Crippen LogP contribution in [0.5, 0.6) is 5.75 Å². The van der Waals surface area contributed by atoms with Crippen LogP contribution in [0.15, 0.2) is 18.2 Å². The zero-order valence-electron chi connectivity index (χ0n) is 9.96. The number of ether oxygens (including phenoxy) is 1. The fraction of sp³-hybridized carbons (Fsp3) is 0.571. The first-order valence-electron chi connectivity index (χ1n) is 6.38. The van der Waals surface area contributed by atoms with E-state index in [4.69, 9.17) is 27.9 Å². The van der Waals surface area contributed by atoms with Crippen LogP contribution in [0.25, 0.3) is 0 Å². The minimum Gasteiger partial charge on any atom is -0.487 e. The van der Waals surface area contributed by atoms with Crippen LogP contribution in [-0.4, -0.2) is 11.5 Å². The molecule has 2 atom stereocenters. The molecule has 0 N–H and O–H groups in total. The first-order valence-corrected chi connectivity index (χ1v) is 7.20. The molecule has 1 aromatic rings. The van der Waals surface area contributed by atoms with Crippen molar-refractivity contribution < 1.29 is 9.13 Å². The van der Waals surface area contributed by atoms with Crippen molar-refractivity contribution in [3.05, 3.63) is 29.0 Å². The Morgan fingerprint density at radius 2 is 2.00 bits per heavy atom. The Morgan fingerprint density at radius 1 is 1.28 bits per heavy atom. The van der Waals surface area contributed by atoms with E-state index in [1.54, 1.807) is 12.1 Å². The summed E-state index contributed by atoms with van der Waals surface area (Å²) in [5, 5.41) is 0.280. The highest BCUT2D eigenvalue weighted by atomic mass is 35.5. The highest BCUT2D eigenvalue weighted by Gasteiger charge is 2.57. The molecule has 0 bridgehead atoms. The van der Waals surface area contributed by atoms with E-state index >= 15 is 0 Å². The average molecular weight is 289 g/mol. The van der Waals surface area contributed by atoms with Crippen LogP contribution >= 0.6 is 23.2 Å². The zero-order valence-corrected chi connectivity index (χ0v) is 11.5. The van der Waals surface area contributed by atoms with Gasteiger partial charge in [-0.1, -0.05) is 30.5 Å². The summed E-state index contributed by atoms with van der Waals surface area (Å²) < 4.78 is 19.6. The third-order valence-corrected chi connectivity index (χ3v) is 5.31. The maximum Gasteiger partial charge on any atom is 0.183 e. The van der Waals surface area contributed by atoms with Crippen molar-refractivity contribution in [1.29, 1.82) is 0 Å². The smallest absolute Gasteiger partial charge is 0.183 e. The zero-order chi connectivity index (χ0) is 12.8. The highest BCUT2D eigenvalue weighted by Crippen LogP contribution is 2.57. The standard InChI is InChI=1S/C14H15Cl2FO/c15-9-4-3-5-10(13(9)17)18-12-8-11(16)14(12)6-1-2-7-14/h3-5,11-12H,1-2,6-8H2. The quantitative estimate of drug-likeness (QED) is 0.711. The summed E-state index contributed by atoms with van der Waals surface area (Å²) in [7, 11) is 0. The van der Waals surface area contributed by atoms with Crippen LogP contribution in [0.2, 0.25) is 5.02 Å². The second-order valence-electron chi connectivity index (χ2n) is 5.30. The van der Waals surface area contributed by atoms with E-state index in [1.165, 1.54) is 18.9 Å². The van der Waals surface area contributed by atoms with E-state index in [0.29, 0.717) is 0 Å². The van der Waals surface area contributed by atoms with Gasteiger partial charge in [0, 0.05) is 17.2 Å². The molecule has 1 spiro atoms. The Labute approximate surface area is 116 Å². The highest BCUT2D eigenvalue weighted by molar-refractivity contribution is 6.30. The lowest BCUT2D eigenvalue weighted by Crippen LogP contribution is -2.55. The van der Waals surface area contributed by atoms with Crippen molar-refractivity contribution in [2.75, 3.05) is 0 Å². The van der Waals surface area contributed by atoms with Gasteiger partial charge in [-0.15, -0.1) is 11.6 Å². The Morgan fingerprint density at radius 3 is 2.67 bits per heavy atom. The second-order valence-corrected chi connectivity index (χ2v) is 6.24. The molecule has 1 aromatic carbocycles. The summed E-state index contributed by atoms with van der Waals surface area (Å²) in [6.07, 6.45) is 5.41. The molecule has 0 amide bonds. The molecule has 2 aliphatic rings. The van der Waals surface area contributed by atoms with Gasteiger partial charge in [0.15, 0.2) is 11.6 Å². The maximum atomic E-state index is 13.8. The molecule has 1 nitrogen and oxygen atoms in total. The predicted octanol–water partition coefficient (Wildman–Crippen LogP) is 4.80. The Bertz CT molecular complexity index is 457. The second kappa shape index (κ2) is 4.57. The molecule has 2 aliphatic carbocycles. The van der Waals surface area contributed by atoms with E-state index < -0.39 is 5.82 Å². The number of halogens is 3. The Hall–Kier alpha value is -0.470. The van der Waals surface area contributed by atoms with Gasteiger partial charge in [-0.25, -0.2) is 4.39 Å². The fourth-order valence-corrected chi connectivity index (χ4v) is 3.95. The molecule has 0 aromatic heterocycles. The van der Waals surface area contributed by atoms with E-state index in [-0.39, 0.29) is 27.7 Å². The van der Waals surface area contributed by atoms with Gasteiger partial charge in [-0.2, -0.15) is 0 Å². The lowest BCUT2D eigenvalue weighted by atomic mass is 9.64. The van der Waals surface area contributed by atoms with Crippen LogP contribution in [0.1, 0.15) is 32.1 Å². The molecular formula is C14H15Cl2FO. The van der Waals surface area contributed by atoms with E-state index in [1.807, 2.05) is 0 Å². The van der Waals surface area contributed by atoms with Gasteiger partial charge in [0.1, 0.15) is 6.10 Å². The summed E-state index contributed by atoms with van der Waals surface area (Å²) in [5.41, 5.74) is 0.0658. The molecule has 18 heavy (non-hydrogen) atoms. The normalized spacial score (nSPS) is 29.3. The van der Waals surface area contributed by atoms with Gasteiger partial charge in [0.05, 0.1) is 5.02 Å². The minimum atomic E-state index is -0.467. The van der Waals surface area contributed by atoms with E-state index in [0.717, 1.165) is 19.3 Å². The topological polar surface area (TPSA) is 9.23 Å². The lowest BCUT2D eigenvalue weighted by molar-refractivity contribution is -0.0375. The number of alkyl halides is 1. The largest absolute Gasteiger partial charge is 0.487 e. The molecule has 0 radical (unpaired) electrons. The van der Waals surface area contributed by atoms with Crippen LogP contribution in [-0.2, 0) is 0 Å². The molecule has 0 aliphatic heterocycles. The van der Waals surface area contributed by atoms with Gasteiger partial charge < -0.3 is 4.74 Å². The third kappa shape index (κ3) is 1.81. The van der Waals surface area contributed by atoms with Crippen LogP contribution < -0.4 is 4.74 Å². The summed E-state index contributed by atoms with van der Waals surface area (Å²) >= 11 is 12.1. The van der Waals surface area contributed by atoms with Crippen molar-refractivity contribution in [3.63, 3.8) is 0 Å². The molecule has 2 saturated carbocycles. The van der Waals surface area contributed by atoms with Crippen LogP contribution in [0.4, 0.5) is 4.39 Å². The van der Waals surface area contributed by atoms with E-state index in [2.05, 4.69) is 0 Å². The first-order chi connectivity index (χ1) is 8.63. The van der Waals surface area contributed by atoms with Crippen molar-refractivity contribution in [2.24, 2.45) is 5.41 Å². The van der Waals surface area contributed by atoms with E-state index in [9.17, 15) is 4.39 Å². The summed E-state index contributed by atoms with van der Waals surface area (Å²) in [6.45, 7) is 0. The lowest BCUT2D eigenvalue weighted by Gasteiger charge is -2.50. The van der Waals surface area contributed by atoms with Crippen molar-refractivity contribution in [3.8, 4) is 5.75 Å². The first kappa shape index (κ1) is 12.6. The predicted molar refractivity (Wildman–Crippen MR) is 71.0 cm³/mol. The Balaban J connectivity index is 1.79. The molecular weight excluding hydrogens is 274 g/mol. The number of rotatable bonds is 2. The third-order valence-electron chi connectivity index (χ3n) is 4.41. The van der Waals surface area contributed by atoms with Gasteiger partial charge in [-0.05, 0) is 25.0 Å². The Kier molecular flexibility index (Phi) is 3.19. The van der Waals surface area contributed by atoms with Gasteiger partial charge in [-0.3, -0.25) is 0 Å². The number of benzene rings is 1. The minimum absolute atomic E-state index is 0.0375. The van der Waals surface area contributed by atoms with Crippen LogP contribution in [0, 0.1) is 11.2 Å². The van der Waals surface area contributed by atoms with Crippen molar-refractivity contribution >= 4 is 23.2 Å². The van der Waals surface area contributed by atoms with Gasteiger partial charge in [0.25, 0.3) is 0 Å². The molecule has 2 fully saturated rings. The SMILES string of the molecule is Fc1c(Cl)cccc1OC1CC(Cl)C12CCCC2. The maximum absolute atomic E-state index is 13.8. The molecule has 0 heterocycles. The summed E-state index contributed by atoms with van der Waals surface area (Å²) in [6, 6.07) is 4.87. The molecule has 4 heteroatoms. The fourth-order valence-electron chi connectivity index (χ4n) is 3.26. The summed E-state index contributed by atoms with van der Waals surface area (Å²) in [5.74, 6) is -0.215. The molecule has 98 valence electrons. The molecule has 0 saturated heterocycles. The van der Waals surface area contributed by atoms with Gasteiger partial charge in [0.2, 0.25) is 0 Å².